The molecule has 0 unspecified atom stereocenters. The Morgan fingerprint density at radius 3 is 2.85 bits per heavy atom. The van der Waals surface area contributed by atoms with Crippen molar-refractivity contribution in [1.82, 2.24) is 9.78 Å². The van der Waals surface area contributed by atoms with Crippen molar-refractivity contribution in [1.29, 1.82) is 0 Å². The fourth-order valence-electron chi connectivity index (χ4n) is 1.75. The van der Waals surface area contributed by atoms with E-state index >= 15 is 0 Å². The van der Waals surface area contributed by atoms with Gasteiger partial charge < -0.3 is 5.73 Å². The molecule has 1 fully saturated rings. The molecule has 1 aliphatic rings. The first-order valence-electron chi connectivity index (χ1n) is 4.65. The molecule has 1 heterocycles. The SMILES string of the molecule is C[C@@H]1CC[C@@H]1Cn1cc(Br)c(N)n1. The molecule has 0 aromatic carbocycles. The summed E-state index contributed by atoms with van der Waals surface area (Å²) in [7, 11) is 0. The smallest absolute Gasteiger partial charge is 0.159 e. The largest absolute Gasteiger partial charge is 0.381 e. The molecule has 13 heavy (non-hydrogen) atoms. The van der Waals surface area contributed by atoms with Crippen LogP contribution in [-0.2, 0) is 6.54 Å². The molecular formula is C9H14BrN3. The summed E-state index contributed by atoms with van der Waals surface area (Å²) >= 11 is 3.35. The highest BCUT2D eigenvalue weighted by molar-refractivity contribution is 9.10. The minimum Gasteiger partial charge on any atom is -0.381 e. The second kappa shape index (κ2) is 3.33. The Labute approximate surface area is 86.4 Å². The van der Waals surface area contributed by atoms with E-state index in [0.29, 0.717) is 5.82 Å². The Hall–Kier alpha value is -0.510. The van der Waals surface area contributed by atoms with E-state index in [4.69, 9.17) is 5.73 Å². The predicted octanol–water partition coefficient (Wildman–Crippen LogP) is 2.27. The summed E-state index contributed by atoms with van der Waals surface area (Å²) in [6.45, 7) is 3.31. The van der Waals surface area contributed by atoms with Crippen LogP contribution in [0.3, 0.4) is 0 Å². The topological polar surface area (TPSA) is 43.8 Å². The number of anilines is 1. The summed E-state index contributed by atoms with van der Waals surface area (Å²) in [5.41, 5.74) is 5.63. The van der Waals surface area contributed by atoms with Crippen LogP contribution >= 0.6 is 15.9 Å². The minimum atomic E-state index is 0.590. The number of rotatable bonds is 2. The lowest BCUT2D eigenvalue weighted by molar-refractivity contribution is 0.165. The second-order valence-electron chi connectivity index (χ2n) is 3.90. The van der Waals surface area contributed by atoms with Crippen molar-refractivity contribution in [3.8, 4) is 0 Å². The fraction of sp³-hybridized carbons (Fsp3) is 0.667. The van der Waals surface area contributed by atoms with Crippen LogP contribution in [0.4, 0.5) is 5.82 Å². The Bertz CT molecular complexity index is 288. The van der Waals surface area contributed by atoms with E-state index in [0.717, 1.165) is 22.9 Å². The van der Waals surface area contributed by atoms with E-state index in [2.05, 4.69) is 28.0 Å². The molecule has 1 aromatic heterocycles. The molecule has 3 nitrogen and oxygen atoms in total. The summed E-state index contributed by atoms with van der Waals surface area (Å²) in [6.07, 6.45) is 4.65. The van der Waals surface area contributed by atoms with Crippen LogP contribution in [0, 0.1) is 11.8 Å². The Morgan fingerprint density at radius 2 is 2.46 bits per heavy atom. The van der Waals surface area contributed by atoms with E-state index in [1.165, 1.54) is 12.8 Å². The van der Waals surface area contributed by atoms with Gasteiger partial charge in [-0.2, -0.15) is 5.10 Å². The van der Waals surface area contributed by atoms with Gasteiger partial charge in [-0.05, 0) is 34.2 Å². The zero-order valence-corrected chi connectivity index (χ0v) is 9.29. The maximum Gasteiger partial charge on any atom is 0.159 e. The van der Waals surface area contributed by atoms with Crippen LogP contribution in [0.1, 0.15) is 19.8 Å². The second-order valence-corrected chi connectivity index (χ2v) is 4.75. The molecule has 0 aliphatic heterocycles. The molecular weight excluding hydrogens is 230 g/mol. The van der Waals surface area contributed by atoms with Gasteiger partial charge in [0.1, 0.15) is 0 Å². The normalized spacial score (nSPS) is 27.2. The van der Waals surface area contributed by atoms with Gasteiger partial charge in [-0.1, -0.05) is 13.3 Å². The molecule has 4 heteroatoms. The summed E-state index contributed by atoms with van der Waals surface area (Å²) < 4.78 is 2.85. The Morgan fingerprint density at radius 1 is 1.69 bits per heavy atom. The molecule has 1 aromatic rings. The molecule has 2 N–H and O–H groups in total. The highest BCUT2D eigenvalue weighted by Gasteiger charge is 2.27. The van der Waals surface area contributed by atoms with Crippen molar-refractivity contribution in [2.24, 2.45) is 11.8 Å². The first-order valence-corrected chi connectivity index (χ1v) is 5.44. The molecule has 72 valence electrons. The lowest BCUT2D eigenvalue weighted by Gasteiger charge is -2.33. The summed E-state index contributed by atoms with van der Waals surface area (Å²) in [4.78, 5) is 0. The monoisotopic (exact) mass is 243 g/mol. The summed E-state index contributed by atoms with van der Waals surface area (Å²) in [5.74, 6) is 2.24. The summed E-state index contributed by atoms with van der Waals surface area (Å²) in [6, 6.07) is 0. The lowest BCUT2D eigenvalue weighted by atomic mass is 9.75. The number of hydrogen-bond acceptors (Lipinski definition) is 2. The molecule has 0 spiro atoms. The van der Waals surface area contributed by atoms with Gasteiger partial charge in [-0.3, -0.25) is 4.68 Å². The third kappa shape index (κ3) is 1.73. The van der Waals surface area contributed by atoms with Crippen molar-refractivity contribution < 1.29 is 0 Å². The minimum absolute atomic E-state index is 0.590. The van der Waals surface area contributed by atoms with Crippen LogP contribution < -0.4 is 5.73 Å². The standard InChI is InChI=1S/C9H14BrN3/c1-6-2-3-7(6)4-13-5-8(10)9(11)12-13/h5-7H,2-4H2,1H3,(H2,11,12)/t6-,7-/m1/s1. The molecule has 1 aliphatic carbocycles. The van der Waals surface area contributed by atoms with Crippen molar-refractivity contribution in [3.05, 3.63) is 10.7 Å². The van der Waals surface area contributed by atoms with E-state index in [-0.39, 0.29) is 0 Å². The van der Waals surface area contributed by atoms with Gasteiger partial charge in [0, 0.05) is 12.7 Å². The molecule has 0 amide bonds. The lowest BCUT2D eigenvalue weighted by Crippen LogP contribution is -2.27. The first-order chi connectivity index (χ1) is 6.16. The van der Waals surface area contributed by atoms with Crippen molar-refractivity contribution >= 4 is 21.7 Å². The maximum absolute atomic E-state index is 5.63. The number of nitrogens with zero attached hydrogens (tertiary/aromatic N) is 2. The van der Waals surface area contributed by atoms with Crippen molar-refractivity contribution in [2.45, 2.75) is 26.3 Å². The van der Waals surface area contributed by atoms with Crippen LogP contribution in [0.15, 0.2) is 10.7 Å². The number of nitrogen functional groups attached to an aromatic ring is 1. The fourth-order valence-corrected chi connectivity index (χ4v) is 2.07. The highest BCUT2D eigenvalue weighted by atomic mass is 79.9. The number of nitrogens with two attached hydrogens (primary N) is 1. The van der Waals surface area contributed by atoms with Crippen LogP contribution in [0.25, 0.3) is 0 Å². The van der Waals surface area contributed by atoms with Gasteiger partial charge in [-0.15, -0.1) is 0 Å². The predicted molar refractivity (Wildman–Crippen MR) is 56.2 cm³/mol. The van der Waals surface area contributed by atoms with E-state index in [1.54, 1.807) is 0 Å². The Kier molecular flexibility index (Phi) is 2.32. The van der Waals surface area contributed by atoms with Gasteiger partial charge in [0.25, 0.3) is 0 Å². The third-order valence-corrected chi connectivity index (χ3v) is 3.57. The van der Waals surface area contributed by atoms with Gasteiger partial charge in [0.15, 0.2) is 5.82 Å². The third-order valence-electron chi connectivity index (χ3n) is 2.96. The zero-order valence-electron chi connectivity index (χ0n) is 7.70. The quantitative estimate of drug-likeness (QED) is 0.867. The Balaban J connectivity index is 2.01. The van der Waals surface area contributed by atoms with Gasteiger partial charge in [0.2, 0.25) is 0 Å². The van der Waals surface area contributed by atoms with Gasteiger partial charge in [0.05, 0.1) is 4.47 Å². The first kappa shape index (κ1) is 9.06. The average molecular weight is 244 g/mol. The molecule has 0 saturated heterocycles. The number of halogens is 1. The average Bonchev–Trinajstić information content (AvgIpc) is 2.40. The molecule has 2 rings (SSSR count). The van der Waals surface area contributed by atoms with Gasteiger partial charge in [-0.25, -0.2) is 0 Å². The maximum atomic E-state index is 5.63. The van der Waals surface area contributed by atoms with E-state index < -0.39 is 0 Å². The number of aromatic nitrogens is 2. The molecule has 1 saturated carbocycles. The summed E-state index contributed by atoms with van der Waals surface area (Å²) in [5, 5.41) is 4.21. The highest BCUT2D eigenvalue weighted by Crippen LogP contribution is 2.35. The molecule has 0 radical (unpaired) electrons. The zero-order chi connectivity index (χ0) is 9.42. The molecule has 2 atom stereocenters. The van der Waals surface area contributed by atoms with Crippen LogP contribution in [0.2, 0.25) is 0 Å². The van der Waals surface area contributed by atoms with Crippen molar-refractivity contribution in [2.75, 3.05) is 5.73 Å². The van der Waals surface area contributed by atoms with Crippen LogP contribution in [0.5, 0.6) is 0 Å². The van der Waals surface area contributed by atoms with Gasteiger partial charge >= 0.3 is 0 Å². The number of hydrogen-bond donors (Lipinski definition) is 1. The molecule has 0 bridgehead atoms. The van der Waals surface area contributed by atoms with Crippen LogP contribution in [-0.4, -0.2) is 9.78 Å². The van der Waals surface area contributed by atoms with E-state index in [1.807, 2.05) is 10.9 Å². The van der Waals surface area contributed by atoms with Crippen molar-refractivity contribution in [3.63, 3.8) is 0 Å². The van der Waals surface area contributed by atoms with E-state index in [9.17, 15) is 0 Å².